The quantitative estimate of drug-likeness (QED) is 0.447. The van der Waals surface area contributed by atoms with Crippen molar-refractivity contribution in [2.45, 2.75) is 83.7 Å². The highest BCUT2D eigenvalue weighted by atomic mass is 19.1. The van der Waals surface area contributed by atoms with Gasteiger partial charge in [0.05, 0.1) is 11.6 Å². The SMILES string of the molecule is C=CC(=O)N1CCCN(C(=O)C2CCCN(Cc3ccc(NC(=O)NC45CC6C[C@@](C)(C4)C[C@](C)(C6)C5)c(F)c3)C2)CC1. The number of halogens is 1. The number of likely N-dealkylation sites (tertiary alicyclic amines) is 1. The molecule has 6 aliphatic rings. The molecule has 0 aromatic heterocycles. The first-order valence-corrected chi connectivity index (χ1v) is 16.3. The van der Waals surface area contributed by atoms with E-state index in [0.29, 0.717) is 45.2 Å². The van der Waals surface area contributed by atoms with Gasteiger partial charge >= 0.3 is 6.03 Å². The van der Waals surface area contributed by atoms with Gasteiger partial charge in [-0.3, -0.25) is 14.5 Å². The molecule has 6 fully saturated rings. The number of hydrogen-bond donors (Lipinski definition) is 2. The van der Waals surface area contributed by atoms with Crippen LogP contribution in [-0.2, 0) is 16.1 Å². The van der Waals surface area contributed by atoms with Crippen LogP contribution in [0.5, 0.6) is 0 Å². The van der Waals surface area contributed by atoms with Crippen molar-refractivity contribution in [3.8, 4) is 0 Å². The highest BCUT2D eigenvalue weighted by molar-refractivity contribution is 5.90. The molecular weight excluding hydrogens is 545 g/mol. The summed E-state index contributed by atoms with van der Waals surface area (Å²) in [5, 5.41) is 6.10. The molecule has 43 heavy (non-hydrogen) atoms. The molecule has 3 unspecified atom stereocenters. The summed E-state index contributed by atoms with van der Waals surface area (Å²) in [5.41, 5.74) is 1.40. The third-order valence-electron chi connectivity index (χ3n) is 10.8. The summed E-state index contributed by atoms with van der Waals surface area (Å²) in [4.78, 5) is 44.4. The Balaban J connectivity index is 1.02. The number of nitrogens with one attached hydrogen (secondary N) is 2. The van der Waals surface area contributed by atoms with Gasteiger partial charge in [0.15, 0.2) is 0 Å². The Morgan fingerprint density at radius 2 is 1.70 bits per heavy atom. The molecular formula is C34H48FN5O3. The van der Waals surface area contributed by atoms with Gasteiger partial charge < -0.3 is 20.4 Å². The minimum Gasteiger partial charge on any atom is -0.341 e. The number of carbonyl (C=O) groups excluding carboxylic acids is 3. The van der Waals surface area contributed by atoms with Crippen LogP contribution in [0.4, 0.5) is 14.9 Å². The van der Waals surface area contributed by atoms with E-state index in [0.717, 1.165) is 50.6 Å². The second-order valence-electron chi connectivity index (χ2n) is 15.1. The van der Waals surface area contributed by atoms with Crippen molar-refractivity contribution in [1.82, 2.24) is 20.0 Å². The standard InChI is InChI=1S/C34H48FN5O3/c1-4-29(41)39-11-6-12-40(14-13-39)30(42)26-7-5-10-38(20-26)19-24-8-9-28(27(35)15-24)36-31(43)37-34-18-25-16-32(2,22-34)21-33(3,17-25)23-34/h4,8-9,15,25-26H,1,5-7,10-14,16-23H2,2-3H3,(H2,36,37,43)/t25?,26?,32-,33+,34?. The molecule has 1 aromatic rings. The summed E-state index contributed by atoms with van der Waals surface area (Å²) in [7, 11) is 0. The lowest BCUT2D eigenvalue weighted by Gasteiger charge is -2.65. The van der Waals surface area contributed by atoms with Crippen molar-refractivity contribution < 1.29 is 18.8 Å². The molecule has 7 rings (SSSR count). The predicted molar refractivity (Wildman–Crippen MR) is 165 cm³/mol. The zero-order valence-electron chi connectivity index (χ0n) is 25.9. The van der Waals surface area contributed by atoms with Gasteiger partial charge in [-0.05, 0) is 105 Å². The van der Waals surface area contributed by atoms with E-state index < -0.39 is 5.82 Å². The Kier molecular flexibility index (Phi) is 8.07. The Morgan fingerprint density at radius 1 is 0.977 bits per heavy atom. The minimum atomic E-state index is -0.440. The van der Waals surface area contributed by atoms with Crippen molar-refractivity contribution in [3.05, 3.63) is 42.2 Å². The van der Waals surface area contributed by atoms with Crippen LogP contribution < -0.4 is 10.6 Å². The van der Waals surface area contributed by atoms with Crippen LogP contribution in [0.25, 0.3) is 0 Å². The number of carbonyl (C=O) groups is 3. The van der Waals surface area contributed by atoms with E-state index in [1.54, 1.807) is 11.0 Å². The van der Waals surface area contributed by atoms with E-state index in [9.17, 15) is 14.4 Å². The molecule has 4 amide bonds. The molecule has 8 nitrogen and oxygen atoms in total. The van der Waals surface area contributed by atoms with Gasteiger partial charge in [-0.15, -0.1) is 0 Å². The second-order valence-corrected chi connectivity index (χ2v) is 15.1. The van der Waals surface area contributed by atoms with Gasteiger partial charge in [0.2, 0.25) is 11.8 Å². The maximum absolute atomic E-state index is 15.2. The van der Waals surface area contributed by atoms with Crippen molar-refractivity contribution >= 4 is 23.5 Å². The first-order valence-electron chi connectivity index (χ1n) is 16.3. The Hall–Kier alpha value is -2.94. The van der Waals surface area contributed by atoms with Crippen molar-refractivity contribution in [2.75, 3.05) is 44.6 Å². The second kappa shape index (κ2) is 11.5. The fourth-order valence-electron chi connectivity index (χ4n) is 10.1. The number of anilines is 1. The average Bonchev–Trinajstić information content (AvgIpc) is 3.18. The summed E-state index contributed by atoms with van der Waals surface area (Å²) in [6, 6.07) is 4.72. The smallest absolute Gasteiger partial charge is 0.319 e. The van der Waals surface area contributed by atoms with Crippen LogP contribution in [0.3, 0.4) is 0 Å². The molecule has 4 aliphatic carbocycles. The normalized spacial score (nSPS) is 34.0. The van der Waals surface area contributed by atoms with Crippen molar-refractivity contribution in [1.29, 1.82) is 0 Å². The number of amides is 4. The molecule has 9 heteroatoms. The maximum Gasteiger partial charge on any atom is 0.319 e. The van der Waals surface area contributed by atoms with Gasteiger partial charge in [0, 0.05) is 44.8 Å². The zero-order valence-corrected chi connectivity index (χ0v) is 25.9. The average molecular weight is 594 g/mol. The number of nitrogens with zero attached hydrogens (tertiary/aromatic N) is 3. The Bertz CT molecular complexity index is 1270. The van der Waals surface area contributed by atoms with E-state index in [4.69, 9.17) is 0 Å². The Morgan fingerprint density at radius 3 is 2.40 bits per heavy atom. The van der Waals surface area contributed by atoms with Crippen molar-refractivity contribution in [3.63, 3.8) is 0 Å². The summed E-state index contributed by atoms with van der Waals surface area (Å²) >= 11 is 0. The lowest BCUT2D eigenvalue weighted by Crippen LogP contribution is -2.65. The maximum atomic E-state index is 15.2. The Labute approximate surface area is 255 Å². The minimum absolute atomic E-state index is 0.0846. The lowest BCUT2D eigenvalue weighted by atomic mass is 9.43. The summed E-state index contributed by atoms with van der Waals surface area (Å²) in [5.74, 6) is 0.189. The summed E-state index contributed by atoms with van der Waals surface area (Å²) in [6.07, 6.45) is 10.6. The number of benzene rings is 1. The van der Waals surface area contributed by atoms with Gasteiger partial charge in [-0.2, -0.15) is 0 Å². The van der Waals surface area contributed by atoms with E-state index in [-0.39, 0.29) is 45.8 Å². The molecule has 2 N–H and O–H groups in total. The highest BCUT2D eigenvalue weighted by Gasteiger charge is 2.60. The first kappa shape index (κ1) is 30.1. The van der Waals surface area contributed by atoms with Gasteiger partial charge in [0.1, 0.15) is 5.82 Å². The molecule has 1 aromatic carbocycles. The molecule has 4 saturated carbocycles. The fourth-order valence-corrected chi connectivity index (χ4v) is 10.1. The number of piperidine rings is 1. The topological polar surface area (TPSA) is 85.0 Å². The van der Waals surface area contributed by atoms with Crippen LogP contribution >= 0.6 is 0 Å². The first-order chi connectivity index (χ1) is 20.5. The molecule has 2 saturated heterocycles. The summed E-state index contributed by atoms with van der Waals surface area (Å²) in [6.45, 7) is 12.7. The molecule has 0 radical (unpaired) electrons. The van der Waals surface area contributed by atoms with Gasteiger partial charge in [-0.1, -0.05) is 26.5 Å². The monoisotopic (exact) mass is 593 g/mol. The molecule has 2 aliphatic heterocycles. The van der Waals surface area contributed by atoms with E-state index in [2.05, 4.69) is 36.0 Å². The molecule has 4 bridgehead atoms. The van der Waals surface area contributed by atoms with Crippen LogP contribution in [0, 0.1) is 28.5 Å². The fraction of sp³-hybridized carbons (Fsp3) is 0.676. The van der Waals surface area contributed by atoms with E-state index in [1.165, 1.54) is 31.4 Å². The molecule has 0 spiro atoms. The van der Waals surface area contributed by atoms with Crippen LogP contribution in [0.1, 0.15) is 77.2 Å². The summed E-state index contributed by atoms with van der Waals surface area (Å²) < 4.78 is 15.2. The van der Waals surface area contributed by atoms with Gasteiger partial charge in [0.25, 0.3) is 0 Å². The molecule has 234 valence electrons. The van der Waals surface area contributed by atoms with E-state index >= 15 is 4.39 Å². The third-order valence-corrected chi connectivity index (χ3v) is 10.8. The molecule has 2 heterocycles. The largest absolute Gasteiger partial charge is 0.341 e. The van der Waals surface area contributed by atoms with Gasteiger partial charge in [-0.25, -0.2) is 9.18 Å². The number of urea groups is 1. The lowest BCUT2D eigenvalue weighted by molar-refractivity contribution is -0.137. The number of rotatable bonds is 6. The molecule has 5 atom stereocenters. The van der Waals surface area contributed by atoms with Crippen LogP contribution in [0.15, 0.2) is 30.9 Å². The van der Waals surface area contributed by atoms with Crippen molar-refractivity contribution in [2.24, 2.45) is 22.7 Å². The van der Waals surface area contributed by atoms with Crippen LogP contribution in [-0.4, -0.2) is 77.4 Å². The highest BCUT2D eigenvalue weighted by Crippen LogP contribution is 2.66. The third kappa shape index (κ3) is 6.47. The van der Waals surface area contributed by atoms with E-state index in [1.807, 2.05) is 11.0 Å². The zero-order chi connectivity index (χ0) is 30.4. The van der Waals surface area contributed by atoms with Crippen LogP contribution in [0.2, 0.25) is 0 Å². The number of hydrogen-bond acceptors (Lipinski definition) is 4. The predicted octanol–water partition coefficient (Wildman–Crippen LogP) is 5.16.